The molecule has 4 heteroatoms. The largest absolute Gasteiger partial charge is 0.472 e. The number of likely N-dealkylation sites (tertiary alicyclic amines) is 1. The van der Waals surface area contributed by atoms with Gasteiger partial charge in [0.2, 0.25) is 0 Å². The molecule has 2 fully saturated rings. The molecule has 2 aliphatic heterocycles. The minimum Gasteiger partial charge on any atom is -0.472 e. The summed E-state index contributed by atoms with van der Waals surface area (Å²) in [6.45, 7) is 1.69. The minimum atomic E-state index is 0.100. The molecule has 1 amide bonds. The van der Waals surface area contributed by atoms with Crippen LogP contribution in [0.25, 0.3) is 0 Å². The van der Waals surface area contributed by atoms with Gasteiger partial charge >= 0.3 is 0 Å². The number of nitrogens with one attached hydrogen (secondary N) is 1. The van der Waals surface area contributed by atoms with E-state index in [1.165, 1.54) is 19.1 Å². The zero-order valence-electron chi connectivity index (χ0n) is 9.19. The van der Waals surface area contributed by atoms with E-state index in [1.807, 2.05) is 4.90 Å². The fourth-order valence-electron chi connectivity index (χ4n) is 2.70. The fraction of sp³-hybridized carbons (Fsp3) is 0.583. The van der Waals surface area contributed by atoms with Crippen LogP contribution in [-0.4, -0.2) is 36.0 Å². The number of fused-ring (bicyclic) bond motifs is 2. The summed E-state index contributed by atoms with van der Waals surface area (Å²) in [7, 11) is 0. The van der Waals surface area contributed by atoms with Crippen molar-refractivity contribution in [3.8, 4) is 0 Å². The molecule has 0 aromatic carbocycles. The van der Waals surface area contributed by atoms with Crippen LogP contribution in [-0.2, 0) is 0 Å². The van der Waals surface area contributed by atoms with Gasteiger partial charge in [-0.2, -0.15) is 0 Å². The number of carbonyl (C=O) groups excluding carboxylic acids is 1. The van der Waals surface area contributed by atoms with Crippen LogP contribution in [0.5, 0.6) is 0 Å². The Kier molecular flexibility index (Phi) is 2.44. The highest BCUT2D eigenvalue weighted by Crippen LogP contribution is 2.21. The lowest BCUT2D eigenvalue weighted by Crippen LogP contribution is -2.38. The second-order valence-corrected chi connectivity index (χ2v) is 4.69. The Morgan fingerprint density at radius 3 is 3.06 bits per heavy atom. The van der Waals surface area contributed by atoms with E-state index < -0.39 is 0 Å². The molecule has 16 heavy (non-hydrogen) atoms. The maximum absolute atomic E-state index is 12.1. The average molecular weight is 220 g/mol. The lowest BCUT2D eigenvalue weighted by Gasteiger charge is -2.23. The molecule has 2 aliphatic rings. The quantitative estimate of drug-likeness (QED) is 0.774. The van der Waals surface area contributed by atoms with Gasteiger partial charge in [0.1, 0.15) is 6.26 Å². The van der Waals surface area contributed by atoms with E-state index in [0.717, 1.165) is 19.5 Å². The first-order chi connectivity index (χ1) is 7.83. The van der Waals surface area contributed by atoms with E-state index in [4.69, 9.17) is 4.42 Å². The predicted octanol–water partition coefficient (Wildman–Crippen LogP) is 1.25. The topological polar surface area (TPSA) is 45.5 Å². The number of rotatable bonds is 1. The molecule has 0 radical (unpaired) electrons. The summed E-state index contributed by atoms with van der Waals surface area (Å²) in [4.78, 5) is 14.1. The molecule has 1 aromatic rings. The van der Waals surface area contributed by atoms with Crippen molar-refractivity contribution >= 4 is 5.91 Å². The van der Waals surface area contributed by atoms with Crippen molar-refractivity contribution in [2.24, 2.45) is 0 Å². The number of nitrogens with zero attached hydrogens (tertiary/aromatic N) is 1. The van der Waals surface area contributed by atoms with E-state index in [9.17, 15) is 4.79 Å². The van der Waals surface area contributed by atoms with Gasteiger partial charge in [-0.25, -0.2) is 0 Å². The van der Waals surface area contributed by atoms with E-state index in [2.05, 4.69) is 5.32 Å². The normalized spacial score (nSPS) is 29.1. The molecule has 2 unspecified atom stereocenters. The number of amides is 1. The first-order valence-corrected chi connectivity index (χ1v) is 5.90. The third-order valence-electron chi connectivity index (χ3n) is 3.58. The van der Waals surface area contributed by atoms with Gasteiger partial charge in [0.05, 0.1) is 11.8 Å². The highest BCUT2D eigenvalue weighted by molar-refractivity contribution is 5.93. The molecule has 1 N–H and O–H groups in total. The van der Waals surface area contributed by atoms with Crippen molar-refractivity contribution in [2.45, 2.75) is 31.3 Å². The summed E-state index contributed by atoms with van der Waals surface area (Å²) in [6, 6.07) is 2.84. The third kappa shape index (κ3) is 1.73. The second kappa shape index (κ2) is 3.94. The third-order valence-corrected chi connectivity index (χ3v) is 3.58. The molecule has 0 saturated carbocycles. The number of hydrogen-bond acceptors (Lipinski definition) is 3. The van der Waals surface area contributed by atoms with Crippen molar-refractivity contribution in [2.75, 3.05) is 13.1 Å². The minimum absolute atomic E-state index is 0.100. The van der Waals surface area contributed by atoms with Crippen LogP contribution in [0.1, 0.15) is 29.6 Å². The summed E-state index contributed by atoms with van der Waals surface area (Å²) in [6.07, 6.45) is 6.60. The first kappa shape index (κ1) is 9.90. The summed E-state index contributed by atoms with van der Waals surface area (Å²) in [5, 5.41) is 3.57. The van der Waals surface area contributed by atoms with Gasteiger partial charge in [-0.1, -0.05) is 0 Å². The summed E-state index contributed by atoms with van der Waals surface area (Å²) in [5.41, 5.74) is 0.665. The Morgan fingerprint density at radius 2 is 2.25 bits per heavy atom. The summed E-state index contributed by atoms with van der Waals surface area (Å²) in [5.74, 6) is 0.100. The number of carbonyl (C=O) groups is 1. The molecule has 2 atom stereocenters. The van der Waals surface area contributed by atoms with E-state index in [0.29, 0.717) is 17.6 Å². The second-order valence-electron chi connectivity index (χ2n) is 4.69. The molecule has 2 saturated heterocycles. The number of hydrogen-bond donors (Lipinski definition) is 1. The van der Waals surface area contributed by atoms with Gasteiger partial charge in [-0.15, -0.1) is 0 Å². The van der Waals surface area contributed by atoms with Crippen molar-refractivity contribution in [3.63, 3.8) is 0 Å². The van der Waals surface area contributed by atoms with Crippen molar-refractivity contribution in [1.29, 1.82) is 0 Å². The Hall–Kier alpha value is -1.29. The molecule has 0 aliphatic carbocycles. The first-order valence-electron chi connectivity index (χ1n) is 5.90. The molecule has 86 valence electrons. The Labute approximate surface area is 94.6 Å². The average Bonchev–Trinajstić information content (AvgIpc) is 2.87. The van der Waals surface area contributed by atoms with Crippen molar-refractivity contribution in [3.05, 3.63) is 24.2 Å². The van der Waals surface area contributed by atoms with E-state index in [1.54, 1.807) is 12.3 Å². The summed E-state index contributed by atoms with van der Waals surface area (Å²) >= 11 is 0. The fourth-order valence-corrected chi connectivity index (χ4v) is 2.70. The van der Waals surface area contributed by atoms with Crippen LogP contribution in [0.4, 0.5) is 0 Å². The van der Waals surface area contributed by atoms with Gasteiger partial charge in [0.25, 0.3) is 5.91 Å². The molecule has 1 aromatic heterocycles. The molecular weight excluding hydrogens is 204 g/mol. The number of furan rings is 1. The van der Waals surface area contributed by atoms with Crippen molar-refractivity contribution < 1.29 is 9.21 Å². The van der Waals surface area contributed by atoms with E-state index >= 15 is 0 Å². The van der Waals surface area contributed by atoms with Crippen LogP contribution in [0.3, 0.4) is 0 Å². The Morgan fingerprint density at radius 1 is 1.38 bits per heavy atom. The highest BCUT2D eigenvalue weighted by atomic mass is 16.3. The SMILES string of the molecule is O=C(c1ccoc1)N1CCC2CCC(C1)N2. The van der Waals surface area contributed by atoms with Gasteiger partial charge in [-0.05, 0) is 25.3 Å². The van der Waals surface area contributed by atoms with E-state index in [-0.39, 0.29) is 5.91 Å². The van der Waals surface area contributed by atoms with Gasteiger partial charge in [0.15, 0.2) is 0 Å². The molecule has 3 rings (SSSR count). The van der Waals surface area contributed by atoms with Crippen LogP contribution < -0.4 is 5.32 Å². The van der Waals surface area contributed by atoms with Crippen LogP contribution in [0, 0.1) is 0 Å². The predicted molar refractivity (Wildman–Crippen MR) is 59.2 cm³/mol. The molecule has 4 nitrogen and oxygen atoms in total. The van der Waals surface area contributed by atoms with Gasteiger partial charge in [0, 0.05) is 25.2 Å². The standard InChI is InChI=1S/C12H16N2O2/c15-12(9-4-6-16-8-9)14-5-3-10-1-2-11(7-14)13-10/h4,6,8,10-11,13H,1-3,5,7H2. The monoisotopic (exact) mass is 220 g/mol. The molecule has 2 bridgehead atoms. The highest BCUT2D eigenvalue weighted by Gasteiger charge is 2.31. The van der Waals surface area contributed by atoms with Crippen molar-refractivity contribution in [1.82, 2.24) is 10.2 Å². The lowest BCUT2D eigenvalue weighted by molar-refractivity contribution is 0.0747. The van der Waals surface area contributed by atoms with Crippen LogP contribution >= 0.6 is 0 Å². The lowest BCUT2D eigenvalue weighted by atomic mass is 10.1. The summed E-state index contributed by atoms with van der Waals surface area (Å²) < 4.78 is 4.96. The zero-order valence-corrected chi connectivity index (χ0v) is 9.19. The van der Waals surface area contributed by atoms with Gasteiger partial charge < -0.3 is 14.6 Å². The van der Waals surface area contributed by atoms with Crippen LogP contribution in [0.15, 0.2) is 23.0 Å². The van der Waals surface area contributed by atoms with Gasteiger partial charge in [-0.3, -0.25) is 4.79 Å². The maximum Gasteiger partial charge on any atom is 0.257 e. The zero-order chi connectivity index (χ0) is 11.0. The Balaban J connectivity index is 1.73. The maximum atomic E-state index is 12.1. The van der Waals surface area contributed by atoms with Crippen LogP contribution in [0.2, 0.25) is 0 Å². The molecule has 0 spiro atoms. The molecule has 3 heterocycles. The Bertz CT molecular complexity index is 374. The smallest absolute Gasteiger partial charge is 0.257 e. The molecular formula is C12H16N2O2.